The quantitative estimate of drug-likeness (QED) is 0.637. The Balaban J connectivity index is 3.89. The first-order valence-corrected chi connectivity index (χ1v) is 4.03. The highest BCUT2D eigenvalue weighted by Gasteiger charge is 2.31. The van der Waals surface area contributed by atoms with Crippen LogP contribution in [0.3, 0.4) is 0 Å². The highest BCUT2D eigenvalue weighted by molar-refractivity contribution is 4.65. The first kappa shape index (κ1) is 11.8. The van der Waals surface area contributed by atoms with Gasteiger partial charge in [-0.3, -0.25) is 0 Å². The topological polar surface area (TPSA) is 9.23 Å². The Labute approximate surface area is 70.9 Å². The largest absolute Gasteiger partial charge is 0.339 e. The summed E-state index contributed by atoms with van der Waals surface area (Å²) >= 11 is 0. The first-order chi connectivity index (χ1) is 5.33. The summed E-state index contributed by atoms with van der Waals surface area (Å²) in [6.07, 6.45) is 0.194. The number of ether oxygens (including phenoxy) is 1. The number of halogens is 3. The van der Waals surface area contributed by atoms with E-state index in [9.17, 15) is 13.2 Å². The van der Waals surface area contributed by atoms with E-state index in [1.54, 1.807) is 13.8 Å². The zero-order valence-electron chi connectivity index (χ0n) is 7.66. The maximum absolute atomic E-state index is 13.2. The molecule has 0 fully saturated rings. The molecule has 0 heterocycles. The van der Waals surface area contributed by atoms with Gasteiger partial charge in [0.1, 0.15) is 6.61 Å². The molecule has 0 saturated carbocycles. The van der Waals surface area contributed by atoms with Gasteiger partial charge in [0.2, 0.25) is 5.85 Å². The highest BCUT2D eigenvalue weighted by Crippen LogP contribution is 2.24. The van der Waals surface area contributed by atoms with Gasteiger partial charge in [0.05, 0.1) is 0 Å². The van der Waals surface area contributed by atoms with Crippen molar-refractivity contribution < 1.29 is 17.9 Å². The maximum atomic E-state index is 13.2. The van der Waals surface area contributed by atoms with Crippen LogP contribution in [0.4, 0.5) is 13.2 Å². The average molecular weight is 184 g/mol. The Kier molecular flexibility index (Phi) is 4.03. The highest BCUT2D eigenvalue weighted by atomic mass is 19.3. The lowest BCUT2D eigenvalue weighted by Crippen LogP contribution is -2.31. The van der Waals surface area contributed by atoms with Gasteiger partial charge in [-0.15, -0.1) is 0 Å². The van der Waals surface area contributed by atoms with Gasteiger partial charge in [0.15, 0.2) is 0 Å². The van der Waals surface area contributed by atoms with Crippen LogP contribution in [0.25, 0.3) is 0 Å². The van der Waals surface area contributed by atoms with Crippen molar-refractivity contribution in [2.75, 3.05) is 6.61 Å². The van der Waals surface area contributed by atoms with E-state index in [1.165, 1.54) is 0 Å². The van der Waals surface area contributed by atoms with E-state index in [1.807, 2.05) is 0 Å². The summed E-state index contributed by atoms with van der Waals surface area (Å²) in [5.41, 5.74) is 0. The lowest BCUT2D eigenvalue weighted by Gasteiger charge is -2.24. The Morgan fingerprint density at radius 2 is 1.50 bits per heavy atom. The van der Waals surface area contributed by atoms with Gasteiger partial charge in [0.25, 0.3) is 5.92 Å². The van der Waals surface area contributed by atoms with Crippen LogP contribution in [-0.2, 0) is 4.74 Å². The molecular formula is C8H15F3O. The fourth-order valence-electron chi connectivity index (χ4n) is 0.710. The molecule has 0 aromatic carbocycles. The Hall–Kier alpha value is -0.250. The van der Waals surface area contributed by atoms with Gasteiger partial charge in [-0.2, -0.15) is 0 Å². The molecule has 0 amide bonds. The molecule has 0 unspecified atom stereocenters. The summed E-state index contributed by atoms with van der Waals surface area (Å²) < 4.78 is 42.2. The van der Waals surface area contributed by atoms with E-state index in [2.05, 4.69) is 4.74 Å². The molecule has 0 atom stereocenters. The minimum Gasteiger partial charge on any atom is -0.339 e. The molecule has 74 valence electrons. The fourth-order valence-corrected chi connectivity index (χ4v) is 0.710. The monoisotopic (exact) mass is 184 g/mol. The summed E-state index contributed by atoms with van der Waals surface area (Å²) in [6, 6.07) is 0. The standard InChI is InChI=1S/C8H15F3O/c1-4-8(11,5-2)12-6-7(3,9)10/h4-6H2,1-3H3. The molecule has 4 heteroatoms. The van der Waals surface area contributed by atoms with Crippen LogP contribution in [0.2, 0.25) is 0 Å². The van der Waals surface area contributed by atoms with Gasteiger partial charge in [0, 0.05) is 19.8 Å². The Morgan fingerprint density at radius 1 is 1.08 bits per heavy atom. The van der Waals surface area contributed by atoms with E-state index in [0.717, 1.165) is 0 Å². The zero-order valence-corrected chi connectivity index (χ0v) is 7.66. The molecule has 0 aliphatic rings. The molecule has 0 aliphatic carbocycles. The summed E-state index contributed by atoms with van der Waals surface area (Å²) in [4.78, 5) is 0. The third-order valence-electron chi connectivity index (χ3n) is 1.64. The van der Waals surface area contributed by atoms with Gasteiger partial charge < -0.3 is 4.74 Å². The normalized spacial score (nSPS) is 13.5. The number of alkyl halides is 3. The van der Waals surface area contributed by atoms with E-state index < -0.39 is 18.4 Å². The lowest BCUT2D eigenvalue weighted by molar-refractivity contribution is -0.193. The Bertz CT molecular complexity index is 127. The van der Waals surface area contributed by atoms with Crippen molar-refractivity contribution in [3.8, 4) is 0 Å². The number of hydrogen-bond acceptors (Lipinski definition) is 1. The van der Waals surface area contributed by atoms with E-state index in [0.29, 0.717) is 6.92 Å². The molecule has 0 N–H and O–H groups in total. The molecule has 0 aliphatic heterocycles. The molecule has 0 aromatic rings. The molecule has 0 spiro atoms. The van der Waals surface area contributed by atoms with E-state index >= 15 is 0 Å². The minimum absolute atomic E-state index is 0.0968. The predicted molar refractivity (Wildman–Crippen MR) is 41.0 cm³/mol. The van der Waals surface area contributed by atoms with Gasteiger partial charge >= 0.3 is 0 Å². The van der Waals surface area contributed by atoms with E-state index in [-0.39, 0.29) is 12.8 Å². The van der Waals surface area contributed by atoms with Crippen molar-refractivity contribution in [3.05, 3.63) is 0 Å². The lowest BCUT2D eigenvalue weighted by atomic mass is 10.2. The van der Waals surface area contributed by atoms with Crippen LogP contribution >= 0.6 is 0 Å². The second-order valence-electron chi connectivity index (χ2n) is 2.95. The molecular weight excluding hydrogens is 169 g/mol. The smallest absolute Gasteiger partial charge is 0.268 e. The molecule has 0 saturated heterocycles. The average Bonchev–Trinajstić information content (AvgIpc) is 1.99. The molecule has 0 bridgehead atoms. The van der Waals surface area contributed by atoms with Gasteiger partial charge in [-0.25, -0.2) is 13.2 Å². The minimum atomic E-state index is -2.96. The zero-order chi connectivity index (χ0) is 9.83. The number of hydrogen-bond donors (Lipinski definition) is 0. The maximum Gasteiger partial charge on any atom is 0.268 e. The van der Waals surface area contributed by atoms with Crippen molar-refractivity contribution in [2.24, 2.45) is 0 Å². The van der Waals surface area contributed by atoms with Crippen LogP contribution in [-0.4, -0.2) is 18.4 Å². The SMILES string of the molecule is CCC(F)(CC)OCC(C)(F)F. The summed E-state index contributed by atoms with van der Waals surface area (Å²) in [5, 5.41) is 0. The summed E-state index contributed by atoms with van der Waals surface area (Å²) in [5.74, 6) is -4.85. The van der Waals surface area contributed by atoms with Crippen LogP contribution in [0.5, 0.6) is 0 Å². The predicted octanol–water partition coefficient (Wildman–Crippen LogP) is 3.14. The molecule has 1 nitrogen and oxygen atoms in total. The van der Waals surface area contributed by atoms with Gasteiger partial charge in [-0.05, 0) is 0 Å². The van der Waals surface area contributed by atoms with Crippen molar-refractivity contribution in [3.63, 3.8) is 0 Å². The van der Waals surface area contributed by atoms with Crippen molar-refractivity contribution in [2.45, 2.75) is 45.4 Å². The van der Waals surface area contributed by atoms with E-state index in [4.69, 9.17) is 0 Å². The second-order valence-corrected chi connectivity index (χ2v) is 2.95. The summed E-state index contributed by atoms with van der Waals surface area (Å²) in [7, 11) is 0. The van der Waals surface area contributed by atoms with Crippen LogP contribution in [0, 0.1) is 0 Å². The van der Waals surface area contributed by atoms with Crippen molar-refractivity contribution in [1.82, 2.24) is 0 Å². The third kappa shape index (κ3) is 4.59. The van der Waals surface area contributed by atoms with Crippen LogP contribution < -0.4 is 0 Å². The molecule has 0 rings (SSSR count). The third-order valence-corrected chi connectivity index (χ3v) is 1.64. The van der Waals surface area contributed by atoms with Crippen molar-refractivity contribution >= 4 is 0 Å². The first-order valence-electron chi connectivity index (χ1n) is 4.03. The summed E-state index contributed by atoms with van der Waals surface area (Å²) in [6.45, 7) is 2.98. The van der Waals surface area contributed by atoms with Crippen molar-refractivity contribution in [1.29, 1.82) is 0 Å². The molecule has 0 radical (unpaired) electrons. The fraction of sp³-hybridized carbons (Fsp3) is 1.00. The van der Waals surface area contributed by atoms with Gasteiger partial charge in [-0.1, -0.05) is 13.8 Å². The second kappa shape index (κ2) is 4.12. The van der Waals surface area contributed by atoms with Crippen LogP contribution in [0.15, 0.2) is 0 Å². The number of rotatable bonds is 5. The van der Waals surface area contributed by atoms with Crippen LogP contribution in [0.1, 0.15) is 33.6 Å². The Morgan fingerprint density at radius 3 is 1.75 bits per heavy atom. The molecule has 12 heavy (non-hydrogen) atoms. The molecule has 0 aromatic heterocycles.